The van der Waals surface area contributed by atoms with E-state index in [2.05, 4.69) is 0 Å². The molecule has 1 spiro atoms. The van der Waals surface area contributed by atoms with Crippen LogP contribution in [-0.2, 0) is 47.2 Å². The van der Waals surface area contributed by atoms with Crippen molar-refractivity contribution in [2.45, 2.75) is 82.3 Å². The third-order valence-corrected chi connectivity index (χ3v) is 12.3. The summed E-state index contributed by atoms with van der Waals surface area (Å²) >= 11 is 0. The molecule has 3 amide bonds. The van der Waals surface area contributed by atoms with Crippen molar-refractivity contribution in [1.82, 2.24) is 4.90 Å². The molecule has 6 atom stereocenters. The van der Waals surface area contributed by atoms with Gasteiger partial charge in [0, 0.05) is 43.2 Å². The van der Waals surface area contributed by atoms with E-state index >= 15 is 0 Å². The number of hydrogen-bond donors (Lipinski definition) is 2. The minimum atomic E-state index is -3.03. The predicted molar refractivity (Wildman–Crippen MR) is 163 cm³/mol. The number of hydrogen-bond acceptors (Lipinski definition) is 8. The third-order valence-electron chi connectivity index (χ3n) is 9.85. The fourth-order valence-corrected chi connectivity index (χ4v) is 10.4. The van der Waals surface area contributed by atoms with Gasteiger partial charge in [0.05, 0.1) is 37.3 Å². The van der Waals surface area contributed by atoms with Crippen molar-refractivity contribution in [2.24, 2.45) is 5.92 Å². The van der Waals surface area contributed by atoms with Crippen molar-refractivity contribution in [3.05, 3.63) is 59.2 Å². The topological polar surface area (TPSA) is 137 Å². The number of anilines is 2. The molecular weight excluding hydrogens is 582 g/mol. The molecule has 0 aromatic heterocycles. The summed E-state index contributed by atoms with van der Waals surface area (Å²) in [5, 5.41) is 10.2. The Morgan fingerprint density at radius 3 is 2.45 bits per heavy atom. The summed E-state index contributed by atoms with van der Waals surface area (Å²) in [6.45, 7) is 6.94. The van der Waals surface area contributed by atoms with Crippen LogP contribution in [0.2, 0.25) is 18.6 Å². The molecule has 44 heavy (non-hydrogen) atoms. The highest BCUT2D eigenvalue weighted by atomic mass is 28.4. The molecule has 12 heteroatoms. The molecule has 4 aliphatic rings. The van der Waals surface area contributed by atoms with Gasteiger partial charge in [-0.15, -0.1) is 0 Å². The number of carbonyl (C=O) groups is 4. The molecule has 1 unspecified atom stereocenters. The minimum absolute atomic E-state index is 0.0580. The quantitative estimate of drug-likeness (QED) is 0.285. The fraction of sp³-hybridized carbons (Fsp3) is 0.500. The number of rotatable bonds is 6. The van der Waals surface area contributed by atoms with Crippen molar-refractivity contribution in [3.8, 4) is 0 Å². The number of benzene rings is 2. The standard InChI is InChI=1S/C32H39N3O8Si/c1-18-30(44(4,5)41)26(14-27(38)34-16-21-9-7-6-8-20(21)12-23(34)17-36)43-32(18)24-13-22(10-11-25(24)33(3)31(32)40)35-28(39)15-29(35)42-19(2)37/h6-11,13,18,23,26,29-30,36,41H,12,14-17H2,1-5H3/t18-,23-,26+,29?,30-,32+/m0/s1. The molecular formula is C32H39N3O8Si. The number of esters is 1. The number of amides is 3. The normalized spacial score (nSPS) is 29.5. The molecule has 6 rings (SSSR count). The lowest BCUT2D eigenvalue weighted by Crippen LogP contribution is -2.55. The lowest BCUT2D eigenvalue weighted by Gasteiger charge is -2.39. The van der Waals surface area contributed by atoms with E-state index in [9.17, 15) is 29.1 Å². The molecule has 2 N–H and O–H groups in total. The molecule has 0 saturated carbocycles. The van der Waals surface area contributed by atoms with Gasteiger partial charge in [-0.25, -0.2) is 0 Å². The molecule has 0 radical (unpaired) electrons. The van der Waals surface area contributed by atoms with Crippen LogP contribution in [0.15, 0.2) is 42.5 Å². The van der Waals surface area contributed by atoms with Crippen LogP contribution in [0.4, 0.5) is 11.4 Å². The van der Waals surface area contributed by atoms with Crippen molar-refractivity contribution in [3.63, 3.8) is 0 Å². The van der Waals surface area contributed by atoms with Gasteiger partial charge in [-0.1, -0.05) is 31.2 Å². The van der Waals surface area contributed by atoms with Gasteiger partial charge in [-0.3, -0.25) is 24.1 Å². The van der Waals surface area contributed by atoms with Gasteiger partial charge in [0.1, 0.15) is 0 Å². The van der Waals surface area contributed by atoms with Crippen LogP contribution in [-0.4, -0.2) is 78.8 Å². The molecule has 2 aromatic rings. The van der Waals surface area contributed by atoms with Gasteiger partial charge >= 0.3 is 5.97 Å². The summed E-state index contributed by atoms with van der Waals surface area (Å²) < 4.78 is 12.1. The average Bonchev–Trinajstić information content (AvgIpc) is 3.37. The van der Waals surface area contributed by atoms with E-state index in [0.717, 1.165) is 11.1 Å². The van der Waals surface area contributed by atoms with Crippen LogP contribution in [0.5, 0.6) is 0 Å². The van der Waals surface area contributed by atoms with Crippen LogP contribution in [0.25, 0.3) is 0 Å². The molecule has 2 saturated heterocycles. The van der Waals surface area contributed by atoms with Gasteiger partial charge in [-0.2, -0.15) is 0 Å². The highest BCUT2D eigenvalue weighted by Gasteiger charge is 2.66. The van der Waals surface area contributed by atoms with Gasteiger partial charge in [-0.05, 0) is 48.8 Å². The van der Waals surface area contributed by atoms with Crippen LogP contribution >= 0.6 is 0 Å². The van der Waals surface area contributed by atoms with E-state index in [1.165, 1.54) is 16.7 Å². The summed E-state index contributed by atoms with van der Waals surface area (Å²) in [6, 6.07) is 12.7. The summed E-state index contributed by atoms with van der Waals surface area (Å²) in [4.78, 5) is 68.5. The number of fused-ring (bicyclic) bond motifs is 3. The zero-order valence-electron chi connectivity index (χ0n) is 25.6. The first-order chi connectivity index (χ1) is 20.8. The Morgan fingerprint density at radius 1 is 1.11 bits per heavy atom. The summed E-state index contributed by atoms with van der Waals surface area (Å²) in [5.74, 6) is -1.72. The van der Waals surface area contributed by atoms with Crippen molar-refractivity contribution in [2.75, 3.05) is 23.5 Å². The molecule has 0 bridgehead atoms. The number of nitrogens with zero attached hydrogens (tertiary/aromatic N) is 3. The van der Waals surface area contributed by atoms with E-state index in [-0.39, 0.29) is 43.2 Å². The second kappa shape index (κ2) is 10.8. The second-order valence-corrected chi connectivity index (χ2v) is 17.0. The molecule has 4 aliphatic heterocycles. The largest absolute Gasteiger partial charge is 0.441 e. The van der Waals surface area contributed by atoms with E-state index in [0.29, 0.717) is 29.9 Å². The summed E-state index contributed by atoms with van der Waals surface area (Å²) in [6.07, 6.45) is -0.942. The van der Waals surface area contributed by atoms with E-state index < -0.39 is 43.7 Å². The number of likely N-dealkylation sites (N-methyl/N-ethyl adjacent to an activating group) is 1. The Kier molecular flexibility index (Phi) is 7.47. The van der Waals surface area contributed by atoms with Crippen LogP contribution in [0.1, 0.15) is 43.4 Å². The fourth-order valence-electron chi connectivity index (χ4n) is 7.84. The van der Waals surface area contributed by atoms with Crippen LogP contribution in [0.3, 0.4) is 0 Å². The highest BCUT2D eigenvalue weighted by molar-refractivity contribution is 6.71. The second-order valence-electron chi connectivity index (χ2n) is 13.0. The molecule has 2 aromatic carbocycles. The Hall–Kier alpha value is -3.58. The summed E-state index contributed by atoms with van der Waals surface area (Å²) in [7, 11) is -1.36. The average molecular weight is 622 g/mol. The zero-order valence-corrected chi connectivity index (χ0v) is 26.6. The molecule has 0 aliphatic carbocycles. The van der Waals surface area contributed by atoms with Gasteiger partial charge in [0.25, 0.3) is 5.91 Å². The summed E-state index contributed by atoms with van der Waals surface area (Å²) in [5.41, 5.74) is 1.80. The number of ether oxygens (including phenoxy) is 2. The van der Waals surface area contributed by atoms with E-state index in [4.69, 9.17) is 9.47 Å². The van der Waals surface area contributed by atoms with Crippen molar-refractivity contribution < 1.29 is 38.6 Å². The predicted octanol–water partition coefficient (Wildman–Crippen LogP) is 2.42. The number of carbonyl (C=O) groups excluding carboxylic acids is 4. The van der Waals surface area contributed by atoms with Gasteiger partial charge < -0.3 is 29.2 Å². The van der Waals surface area contributed by atoms with Crippen molar-refractivity contribution in [1.29, 1.82) is 0 Å². The number of aliphatic hydroxyl groups is 1. The Labute approximate surface area is 257 Å². The zero-order chi connectivity index (χ0) is 31.7. The minimum Gasteiger partial charge on any atom is -0.441 e. The highest BCUT2D eigenvalue weighted by Crippen LogP contribution is 2.60. The Bertz CT molecular complexity index is 1540. The first kappa shape index (κ1) is 30.4. The monoisotopic (exact) mass is 621 g/mol. The molecule has 2 fully saturated rings. The number of β-lactam (4-membered cyclic amide) rings is 1. The molecule has 11 nitrogen and oxygen atoms in total. The van der Waals surface area contributed by atoms with Crippen LogP contribution in [0, 0.1) is 5.92 Å². The SMILES string of the molecule is CC(=O)OC1CC(=O)N1c1ccc2c(c1)[C@@]1(O[C@H](CC(=O)N3Cc4ccccc4C[C@H]3CO)[C@@H]([Si](C)(C)O)[C@@H]1C)C(=O)N2C. The van der Waals surface area contributed by atoms with E-state index in [1.54, 1.807) is 43.2 Å². The maximum absolute atomic E-state index is 14.1. The lowest BCUT2D eigenvalue weighted by molar-refractivity contribution is -0.154. The smallest absolute Gasteiger partial charge is 0.304 e. The Balaban J connectivity index is 1.35. The van der Waals surface area contributed by atoms with Crippen LogP contribution < -0.4 is 9.80 Å². The third kappa shape index (κ3) is 4.66. The maximum Gasteiger partial charge on any atom is 0.304 e. The van der Waals surface area contributed by atoms with Crippen molar-refractivity contribution >= 4 is 43.4 Å². The lowest BCUT2D eigenvalue weighted by atomic mass is 9.82. The first-order valence-electron chi connectivity index (χ1n) is 15.1. The van der Waals surface area contributed by atoms with Gasteiger partial charge in [0.15, 0.2) is 20.1 Å². The maximum atomic E-state index is 14.1. The number of aliphatic hydroxyl groups excluding tert-OH is 1. The van der Waals surface area contributed by atoms with E-state index in [1.807, 2.05) is 31.2 Å². The molecule has 234 valence electrons. The van der Waals surface area contributed by atoms with Gasteiger partial charge in [0.2, 0.25) is 11.8 Å². The Morgan fingerprint density at radius 2 is 1.82 bits per heavy atom. The molecule has 4 heterocycles. The first-order valence-corrected chi connectivity index (χ1v) is 18.1.